The molecule has 0 radical (unpaired) electrons. The van der Waals surface area contributed by atoms with E-state index in [9.17, 15) is 0 Å². The van der Waals surface area contributed by atoms with Crippen molar-refractivity contribution in [2.24, 2.45) is 0 Å². The summed E-state index contributed by atoms with van der Waals surface area (Å²) in [6, 6.07) is 13.5. The molecule has 1 aromatic heterocycles. The maximum absolute atomic E-state index is 8.66. The summed E-state index contributed by atoms with van der Waals surface area (Å²) in [6.07, 6.45) is 7.55. The lowest BCUT2D eigenvalue weighted by Crippen LogP contribution is -1.76. The molecule has 0 N–H and O–H groups in total. The molecule has 0 bridgehead atoms. The third-order valence-corrected chi connectivity index (χ3v) is 2.21. The van der Waals surface area contributed by atoms with Crippen molar-refractivity contribution in [3.63, 3.8) is 0 Å². The predicted molar refractivity (Wildman–Crippen MR) is 64.3 cm³/mol. The Kier molecular flexibility index (Phi) is 3.10. The average molecular weight is 206 g/mol. The van der Waals surface area contributed by atoms with E-state index >= 15 is 0 Å². The van der Waals surface area contributed by atoms with Crippen LogP contribution in [0.1, 0.15) is 16.7 Å². The Morgan fingerprint density at radius 2 is 1.44 bits per heavy atom. The van der Waals surface area contributed by atoms with Crippen LogP contribution in [0.4, 0.5) is 0 Å². The van der Waals surface area contributed by atoms with Crippen molar-refractivity contribution < 1.29 is 0 Å². The van der Waals surface area contributed by atoms with Gasteiger partial charge in [-0.15, -0.1) is 0 Å². The van der Waals surface area contributed by atoms with Gasteiger partial charge >= 0.3 is 0 Å². The van der Waals surface area contributed by atoms with Crippen LogP contribution in [0.15, 0.2) is 48.8 Å². The molecule has 16 heavy (non-hydrogen) atoms. The number of hydrogen-bond acceptors (Lipinski definition) is 2. The lowest BCUT2D eigenvalue weighted by atomic mass is 10.1. The van der Waals surface area contributed by atoms with Gasteiger partial charge in [0.25, 0.3) is 0 Å². The molecule has 0 amide bonds. The maximum atomic E-state index is 8.66. The molecule has 0 saturated heterocycles. The van der Waals surface area contributed by atoms with Crippen LogP contribution in [0, 0.1) is 11.3 Å². The quantitative estimate of drug-likeness (QED) is 0.756. The van der Waals surface area contributed by atoms with Gasteiger partial charge in [0.05, 0.1) is 11.6 Å². The maximum Gasteiger partial charge on any atom is 0.0991 e. The minimum Gasteiger partial charge on any atom is -0.265 e. The van der Waals surface area contributed by atoms with Crippen molar-refractivity contribution in [2.45, 2.75) is 0 Å². The molecular formula is C14H10N2. The highest BCUT2D eigenvalue weighted by Crippen LogP contribution is 2.08. The van der Waals surface area contributed by atoms with Crippen LogP contribution >= 0.6 is 0 Å². The van der Waals surface area contributed by atoms with Crippen molar-refractivity contribution in [3.05, 3.63) is 65.5 Å². The molecule has 1 aromatic carbocycles. The van der Waals surface area contributed by atoms with Gasteiger partial charge in [-0.2, -0.15) is 5.26 Å². The number of pyridine rings is 1. The van der Waals surface area contributed by atoms with Crippen molar-refractivity contribution in [2.75, 3.05) is 0 Å². The number of hydrogen-bond donors (Lipinski definition) is 0. The molecule has 0 aliphatic rings. The fraction of sp³-hybridized carbons (Fsp3) is 0. The summed E-state index contributed by atoms with van der Waals surface area (Å²) in [6.45, 7) is 0. The first-order valence-electron chi connectivity index (χ1n) is 4.97. The van der Waals surface area contributed by atoms with Crippen molar-refractivity contribution in [1.82, 2.24) is 4.98 Å². The third kappa shape index (κ3) is 2.55. The standard InChI is InChI=1S/C14H10N2/c15-11-14-5-3-12(4-6-14)1-2-13-7-9-16-10-8-13/h1-10H. The zero-order chi connectivity index (χ0) is 11.2. The van der Waals surface area contributed by atoms with E-state index in [0.29, 0.717) is 5.56 Å². The normalized spacial score (nSPS) is 10.2. The highest BCUT2D eigenvalue weighted by atomic mass is 14.6. The highest BCUT2D eigenvalue weighted by Gasteiger charge is 1.89. The monoisotopic (exact) mass is 206 g/mol. The van der Waals surface area contributed by atoms with Gasteiger partial charge in [-0.05, 0) is 35.4 Å². The van der Waals surface area contributed by atoms with Crippen molar-refractivity contribution in [3.8, 4) is 6.07 Å². The number of aromatic nitrogens is 1. The SMILES string of the molecule is N#Cc1ccc(C=Cc2ccncc2)cc1. The summed E-state index contributed by atoms with van der Waals surface area (Å²) in [4.78, 5) is 3.95. The molecule has 0 saturated carbocycles. The fourth-order valence-electron chi connectivity index (χ4n) is 1.34. The molecule has 1 heterocycles. The number of rotatable bonds is 2. The fourth-order valence-corrected chi connectivity index (χ4v) is 1.34. The Balaban J connectivity index is 2.15. The zero-order valence-electron chi connectivity index (χ0n) is 8.67. The lowest BCUT2D eigenvalue weighted by Gasteiger charge is -1.94. The molecular weight excluding hydrogens is 196 g/mol. The van der Waals surface area contributed by atoms with Crippen LogP contribution in [0.25, 0.3) is 12.2 Å². The van der Waals surface area contributed by atoms with Gasteiger partial charge in [-0.3, -0.25) is 4.98 Å². The minimum atomic E-state index is 0.682. The van der Waals surface area contributed by atoms with Crippen LogP contribution in [0.5, 0.6) is 0 Å². The van der Waals surface area contributed by atoms with E-state index in [1.54, 1.807) is 12.4 Å². The van der Waals surface area contributed by atoms with Crippen LogP contribution < -0.4 is 0 Å². The second kappa shape index (κ2) is 4.90. The van der Waals surface area contributed by atoms with E-state index in [0.717, 1.165) is 11.1 Å². The van der Waals surface area contributed by atoms with E-state index in [1.807, 2.05) is 48.6 Å². The van der Waals surface area contributed by atoms with Gasteiger partial charge in [0.1, 0.15) is 0 Å². The molecule has 0 fully saturated rings. The minimum absolute atomic E-state index is 0.682. The van der Waals surface area contributed by atoms with Gasteiger partial charge in [0.2, 0.25) is 0 Å². The lowest BCUT2D eigenvalue weighted by molar-refractivity contribution is 1.32. The van der Waals surface area contributed by atoms with Gasteiger partial charge < -0.3 is 0 Å². The van der Waals surface area contributed by atoms with Crippen LogP contribution in [0.3, 0.4) is 0 Å². The number of nitriles is 1. The van der Waals surface area contributed by atoms with Crippen LogP contribution in [0.2, 0.25) is 0 Å². The van der Waals surface area contributed by atoms with E-state index in [2.05, 4.69) is 11.1 Å². The first kappa shape index (κ1) is 10.1. The van der Waals surface area contributed by atoms with Gasteiger partial charge in [-0.1, -0.05) is 24.3 Å². The number of benzene rings is 1. The Morgan fingerprint density at radius 3 is 2.00 bits per heavy atom. The van der Waals surface area contributed by atoms with Crippen molar-refractivity contribution in [1.29, 1.82) is 5.26 Å². The Bertz CT molecular complexity index is 519. The first-order valence-corrected chi connectivity index (χ1v) is 4.97. The van der Waals surface area contributed by atoms with Crippen LogP contribution in [-0.2, 0) is 0 Å². The molecule has 2 nitrogen and oxygen atoms in total. The summed E-state index contributed by atoms with van der Waals surface area (Å²) in [5.41, 5.74) is 2.87. The molecule has 0 unspecified atom stereocenters. The molecule has 0 spiro atoms. The topological polar surface area (TPSA) is 36.7 Å². The summed E-state index contributed by atoms with van der Waals surface area (Å²) in [5, 5.41) is 8.66. The second-order valence-corrected chi connectivity index (χ2v) is 3.35. The molecule has 2 aromatic rings. The average Bonchev–Trinajstić information content (AvgIpc) is 2.38. The Labute approximate surface area is 94.5 Å². The predicted octanol–water partition coefficient (Wildman–Crippen LogP) is 3.12. The molecule has 2 rings (SSSR count). The van der Waals surface area contributed by atoms with E-state index in [-0.39, 0.29) is 0 Å². The largest absolute Gasteiger partial charge is 0.265 e. The molecule has 0 aliphatic heterocycles. The molecule has 0 aliphatic carbocycles. The van der Waals surface area contributed by atoms with E-state index in [1.165, 1.54) is 0 Å². The zero-order valence-corrected chi connectivity index (χ0v) is 8.67. The summed E-state index contributed by atoms with van der Waals surface area (Å²) in [5.74, 6) is 0. The summed E-state index contributed by atoms with van der Waals surface area (Å²) < 4.78 is 0. The first-order chi connectivity index (χ1) is 7.88. The van der Waals surface area contributed by atoms with Gasteiger partial charge in [-0.25, -0.2) is 0 Å². The van der Waals surface area contributed by atoms with E-state index < -0.39 is 0 Å². The van der Waals surface area contributed by atoms with Crippen LogP contribution in [-0.4, -0.2) is 4.98 Å². The Hall–Kier alpha value is -2.40. The molecule has 0 atom stereocenters. The smallest absolute Gasteiger partial charge is 0.0991 e. The van der Waals surface area contributed by atoms with Gasteiger partial charge in [0.15, 0.2) is 0 Å². The summed E-state index contributed by atoms with van der Waals surface area (Å²) in [7, 11) is 0. The second-order valence-electron chi connectivity index (χ2n) is 3.35. The van der Waals surface area contributed by atoms with E-state index in [4.69, 9.17) is 5.26 Å². The summed E-state index contributed by atoms with van der Waals surface area (Å²) >= 11 is 0. The number of nitrogens with zero attached hydrogens (tertiary/aromatic N) is 2. The molecule has 76 valence electrons. The molecule has 2 heteroatoms. The Morgan fingerprint density at radius 1 is 0.875 bits per heavy atom. The van der Waals surface area contributed by atoms with Gasteiger partial charge in [0, 0.05) is 12.4 Å². The third-order valence-electron chi connectivity index (χ3n) is 2.21. The highest BCUT2D eigenvalue weighted by molar-refractivity contribution is 5.69. The van der Waals surface area contributed by atoms with Crippen molar-refractivity contribution >= 4 is 12.2 Å².